The number of benzene rings is 2. The maximum absolute atomic E-state index is 6.21. The van der Waals surface area contributed by atoms with Crippen LogP contribution in [-0.2, 0) is 6.54 Å². The lowest BCUT2D eigenvalue weighted by atomic mass is 10.2. The van der Waals surface area contributed by atoms with E-state index in [-0.39, 0.29) is 0 Å². The van der Waals surface area contributed by atoms with Crippen molar-refractivity contribution in [3.63, 3.8) is 0 Å². The lowest BCUT2D eigenvalue weighted by Gasteiger charge is -2.11. The number of halogens is 1. The molecular weight excluding hydrogens is 246 g/mol. The van der Waals surface area contributed by atoms with Crippen molar-refractivity contribution in [1.82, 2.24) is 5.32 Å². The number of para-hydroxylation sites is 1. The van der Waals surface area contributed by atoms with Crippen molar-refractivity contribution in [2.75, 3.05) is 7.05 Å². The number of hydrogen-bond donors (Lipinski definition) is 1. The second kappa shape index (κ2) is 5.89. The van der Waals surface area contributed by atoms with Crippen molar-refractivity contribution in [2.45, 2.75) is 13.5 Å². The smallest absolute Gasteiger partial charge is 0.146 e. The molecule has 2 nitrogen and oxygen atoms in total. The van der Waals surface area contributed by atoms with Gasteiger partial charge < -0.3 is 10.1 Å². The number of rotatable bonds is 4. The van der Waals surface area contributed by atoms with Crippen LogP contribution in [0.15, 0.2) is 42.5 Å². The van der Waals surface area contributed by atoms with Crippen LogP contribution in [0.3, 0.4) is 0 Å². The summed E-state index contributed by atoms with van der Waals surface area (Å²) >= 11 is 6.21. The van der Waals surface area contributed by atoms with E-state index in [9.17, 15) is 0 Å². The van der Waals surface area contributed by atoms with Crippen LogP contribution >= 0.6 is 11.6 Å². The molecule has 18 heavy (non-hydrogen) atoms. The van der Waals surface area contributed by atoms with E-state index in [0.29, 0.717) is 10.8 Å². The van der Waals surface area contributed by atoms with E-state index in [0.717, 1.165) is 23.4 Å². The Labute approximate surface area is 113 Å². The number of ether oxygens (including phenoxy) is 1. The van der Waals surface area contributed by atoms with Crippen LogP contribution in [0.4, 0.5) is 0 Å². The van der Waals surface area contributed by atoms with Crippen LogP contribution < -0.4 is 10.1 Å². The summed E-state index contributed by atoms with van der Waals surface area (Å²) in [7, 11) is 1.91. The van der Waals surface area contributed by atoms with Gasteiger partial charge in [-0.15, -0.1) is 0 Å². The third kappa shape index (κ3) is 3.03. The summed E-state index contributed by atoms with van der Waals surface area (Å²) in [5.41, 5.74) is 2.23. The van der Waals surface area contributed by atoms with Crippen molar-refractivity contribution in [2.24, 2.45) is 0 Å². The monoisotopic (exact) mass is 261 g/mol. The Morgan fingerprint density at radius 1 is 1.11 bits per heavy atom. The number of nitrogens with one attached hydrogen (secondary N) is 1. The van der Waals surface area contributed by atoms with Gasteiger partial charge in [-0.3, -0.25) is 0 Å². The minimum Gasteiger partial charge on any atom is -0.456 e. The highest BCUT2D eigenvalue weighted by Crippen LogP contribution is 2.31. The third-order valence-corrected chi connectivity index (χ3v) is 2.99. The third-order valence-electron chi connectivity index (χ3n) is 2.69. The number of hydrogen-bond acceptors (Lipinski definition) is 2. The summed E-state index contributed by atoms with van der Waals surface area (Å²) in [4.78, 5) is 0. The quantitative estimate of drug-likeness (QED) is 0.892. The molecule has 0 aromatic heterocycles. The predicted octanol–water partition coefficient (Wildman–Crippen LogP) is 4.16. The average molecular weight is 262 g/mol. The Morgan fingerprint density at radius 3 is 2.56 bits per heavy atom. The summed E-state index contributed by atoms with van der Waals surface area (Å²) < 4.78 is 5.82. The first kappa shape index (κ1) is 12.9. The van der Waals surface area contributed by atoms with Gasteiger partial charge in [-0.1, -0.05) is 35.9 Å². The minimum atomic E-state index is 0.631. The van der Waals surface area contributed by atoms with Gasteiger partial charge in [-0.2, -0.15) is 0 Å². The first-order valence-corrected chi connectivity index (χ1v) is 6.25. The molecule has 2 aromatic rings. The molecule has 0 heterocycles. The van der Waals surface area contributed by atoms with Crippen molar-refractivity contribution < 1.29 is 4.74 Å². The standard InChI is InChI=1S/C15H16ClNO/c1-11-5-3-4-6-14(11)18-15-8-7-12(10-17-2)9-13(15)16/h3-9,17H,10H2,1-2H3. The van der Waals surface area contributed by atoms with Crippen LogP contribution in [0.1, 0.15) is 11.1 Å². The second-order valence-corrected chi connectivity index (χ2v) is 4.57. The van der Waals surface area contributed by atoms with E-state index in [1.165, 1.54) is 0 Å². The molecule has 0 spiro atoms. The van der Waals surface area contributed by atoms with E-state index in [1.54, 1.807) is 0 Å². The molecular formula is C15H16ClNO. The Morgan fingerprint density at radius 2 is 1.89 bits per heavy atom. The molecule has 0 unspecified atom stereocenters. The van der Waals surface area contributed by atoms with Crippen LogP contribution in [0, 0.1) is 6.92 Å². The maximum Gasteiger partial charge on any atom is 0.146 e. The highest BCUT2D eigenvalue weighted by molar-refractivity contribution is 6.32. The lowest BCUT2D eigenvalue weighted by molar-refractivity contribution is 0.479. The first-order chi connectivity index (χ1) is 8.70. The van der Waals surface area contributed by atoms with E-state index < -0.39 is 0 Å². The minimum absolute atomic E-state index is 0.631. The van der Waals surface area contributed by atoms with Gasteiger partial charge in [0.15, 0.2) is 0 Å². The van der Waals surface area contributed by atoms with Crippen molar-refractivity contribution >= 4 is 11.6 Å². The van der Waals surface area contributed by atoms with Gasteiger partial charge in [0, 0.05) is 6.54 Å². The first-order valence-electron chi connectivity index (χ1n) is 5.87. The fraction of sp³-hybridized carbons (Fsp3) is 0.200. The molecule has 0 aliphatic carbocycles. The molecule has 0 fully saturated rings. The van der Waals surface area contributed by atoms with Crippen LogP contribution in [0.25, 0.3) is 0 Å². The van der Waals surface area contributed by atoms with Gasteiger partial charge >= 0.3 is 0 Å². The largest absolute Gasteiger partial charge is 0.456 e. The highest BCUT2D eigenvalue weighted by atomic mass is 35.5. The van der Waals surface area contributed by atoms with E-state index >= 15 is 0 Å². The van der Waals surface area contributed by atoms with Crippen LogP contribution in [0.2, 0.25) is 5.02 Å². The van der Waals surface area contributed by atoms with Crippen LogP contribution in [-0.4, -0.2) is 7.05 Å². The molecule has 0 saturated carbocycles. The van der Waals surface area contributed by atoms with Crippen LogP contribution in [0.5, 0.6) is 11.5 Å². The Kier molecular flexibility index (Phi) is 4.24. The van der Waals surface area contributed by atoms with E-state index in [1.807, 2.05) is 56.4 Å². The molecule has 0 bridgehead atoms. The fourth-order valence-corrected chi connectivity index (χ4v) is 1.97. The molecule has 0 radical (unpaired) electrons. The lowest BCUT2D eigenvalue weighted by Crippen LogP contribution is -2.04. The molecule has 1 N–H and O–H groups in total. The molecule has 0 amide bonds. The van der Waals surface area contributed by atoms with Crippen molar-refractivity contribution in [3.8, 4) is 11.5 Å². The van der Waals surface area contributed by atoms with Gasteiger partial charge in [-0.05, 0) is 43.3 Å². The fourth-order valence-electron chi connectivity index (χ4n) is 1.73. The Bertz CT molecular complexity index is 540. The SMILES string of the molecule is CNCc1ccc(Oc2ccccc2C)c(Cl)c1. The highest BCUT2D eigenvalue weighted by Gasteiger charge is 2.05. The molecule has 2 aromatic carbocycles. The summed E-state index contributed by atoms with van der Waals surface area (Å²) in [6.07, 6.45) is 0. The molecule has 0 saturated heterocycles. The Hall–Kier alpha value is -1.51. The summed E-state index contributed by atoms with van der Waals surface area (Å²) in [5.74, 6) is 1.52. The van der Waals surface area contributed by atoms with Gasteiger partial charge in [0.2, 0.25) is 0 Å². The predicted molar refractivity (Wildman–Crippen MR) is 75.5 cm³/mol. The van der Waals surface area contributed by atoms with E-state index in [4.69, 9.17) is 16.3 Å². The molecule has 94 valence electrons. The number of aryl methyl sites for hydroxylation is 1. The van der Waals surface area contributed by atoms with E-state index in [2.05, 4.69) is 5.32 Å². The van der Waals surface area contributed by atoms with Gasteiger partial charge in [-0.25, -0.2) is 0 Å². The second-order valence-electron chi connectivity index (χ2n) is 4.16. The normalized spacial score (nSPS) is 10.4. The zero-order valence-electron chi connectivity index (χ0n) is 10.5. The zero-order chi connectivity index (χ0) is 13.0. The molecule has 0 atom stereocenters. The Balaban J connectivity index is 2.22. The summed E-state index contributed by atoms with van der Waals surface area (Å²) in [5, 5.41) is 3.72. The molecule has 0 aliphatic rings. The van der Waals surface area contributed by atoms with Gasteiger partial charge in [0.05, 0.1) is 5.02 Å². The van der Waals surface area contributed by atoms with Crippen molar-refractivity contribution in [3.05, 3.63) is 58.6 Å². The summed E-state index contributed by atoms with van der Waals surface area (Å²) in [6.45, 7) is 2.81. The average Bonchev–Trinajstić information content (AvgIpc) is 2.35. The zero-order valence-corrected chi connectivity index (χ0v) is 11.3. The van der Waals surface area contributed by atoms with Crippen molar-refractivity contribution in [1.29, 1.82) is 0 Å². The van der Waals surface area contributed by atoms with Gasteiger partial charge in [0.1, 0.15) is 11.5 Å². The maximum atomic E-state index is 6.21. The molecule has 3 heteroatoms. The van der Waals surface area contributed by atoms with Gasteiger partial charge in [0.25, 0.3) is 0 Å². The topological polar surface area (TPSA) is 21.3 Å². The summed E-state index contributed by atoms with van der Waals surface area (Å²) in [6, 6.07) is 13.7. The molecule has 0 aliphatic heterocycles. The molecule has 2 rings (SSSR count).